The zero-order valence-corrected chi connectivity index (χ0v) is 10.9. The van der Waals surface area contributed by atoms with Crippen molar-refractivity contribution < 1.29 is 0 Å². The first-order chi connectivity index (χ1) is 8.67. The van der Waals surface area contributed by atoms with E-state index in [1.807, 2.05) is 25.1 Å². The molecule has 0 fully saturated rings. The summed E-state index contributed by atoms with van der Waals surface area (Å²) in [5.41, 5.74) is 3.51. The van der Waals surface area contributed by atoms with Crippen LogP contribution in [0, 0.1) is 6.92 Å². The Balaban J connectivity index is 2.76. The highest BCUT2D eigenvalue weighted by Gasteiger charge is 2.08. The molecule has 2 aromatic heterocycles. The van der Waals surface area contributed by atoms with Crippen molar-refractivity contribution in [1.82, 2.24) is 9.97 Å². The van der Waals surface area contributed by atoms with Crippen LogP contribution in [0.25, 0.3) is 16.5 Å². The minimum Gasteiger partial charge on any atom is -0.261 e. The molecule has 0 amide bonds. The zero-order valence-electron chi connectivity index (χ0n) is 10.2. The first kappa shape index (κ1) is 12.5. The van der Waals surface area contributed by atoms with E-state index < -0.39 is 0 Å². The van der Waals surface area contributed by atoms with Gasteiger partial charge in [-0.3, -0.25) is 4.98 Å². The van der Waals surface area contributed by atoms with E-state index in [1.165, 1.54) is 0 Å². The Morgan fingerprint density at radius 2 is 2.17 bits per heavy atom. The number of aromatic nitrogens is 2. The number of allylic oxidation sites excluding steroid dienone is 4. The lowest BCUT2D eigenvalue weighted by molar-refractivity contribution is 1.22. The van der Waals surface area contributed by atoms with Gasteiger partial charge in [-0.2, -0.15) is 0 Å². The van der Waals surface area contributed by atoms with E-state index in [9.17, 15) is 0 Å². The summed E-state index contributed by atoms with van der Waals surface area (Å²) >= 11 is 6.21. The summed E-state index contributed by atoms with van der Waals surface area (Å²) in [4.78, 5) is 8.65. The van der Waals surface area contributed by atoms with Crippen molar-refractivity contribution in [3.8, 4) is 0 Å². The molecule has 2 rings (SSSR count). The van der Waals surface area contributed by atoms with Gasteiger partial charge in [0.15, 0.2) is 0 Å². The van der Waals surface area contributed by atoms with Gasteiger partial charge in [0.05, 0.1) is 5.52 Å². The number of rotatable bonds is 3. The lowest BCUT2D eigenvalue weighted by Crippen LogP contribution is -1.92. The lowest BCUT2D eigenvalue weighted by atomic mass is 10.0. The van der Waals surface area contributed by atoms with Gasteiger partial charge in [-0.1, -0.05) is 43.0 Å². The molecule has 0 spiro atoms. The molecule has 0 N–H and O–H groups in total. The van der Waals surface area contributed by atoms with Gasteiger partial charge in [-0.05, 0) is 24.6 Å². The van der Waals surface area contributed by atoms with Crippen LogP contribution in [0.5, 0.6) is 0 Å². The van der Waals surface area contributed by atoms with Crippen LogP contribution < -0.4 is 0 Å². The summed E-state index contributed by atoms with van der Waals surface area (Å²) < 4.78 is 0. The number of nitrogens with zero attached hydrogens (tertiary/aromatic N) is 2. The number of fused-ring (bicyclic) bond motifs is 1. The third kappa shape index (κ3) is 2.20. The Hall–Kier alpha value is -1.93. The Morgan fingerprint density at radius 1 is 1.39 bits per heavy atom. The van der Waals surface area contributed by atoms with E-state index in [1.54, 1.807) is 18.3 Å². The molecule has 0 radical (unpaired) electrons. The Kier molecular flexibility index (Phi) is 3.58. The minimum atomic E-state index is 0.459. The Morgan fingerprint density at radius 3 is 2.83 bits per heavy atom. The minimum absolute atomic E-state index is 0.459. The standard InChI is InChI=1S/C15H13ClN2/c1-4-6-11(5-2)13-9-12-10(3)17-8-7-14(12)18-15(13)16/h4-9H,1-2H2,3H3/b11-6+. The van der Waals surface area contributed by atoms with Crippen molar-refractivity contribution in [3.05, 3.63) is 66.1 Å². The van der Waals surface area contributed by atoms with E-state index in [2.05, 4.69) is 23.1 Å². The van der Waals surface area contributed by atoms with Crippen LogP contribution in [0.1, 0.15) is 11.3 Å². The van der Waals surface area contributed by atoms with Crippen LogP contribution >= 0.6 is 11.6 Å². The molecule has 2 nitrogen and oxygen atoms in total. The maximum absolute atomic E-state index is 6.21. The number of hydrogen-bond acceptors (Lipinski definition) is 2. The third-order valence-corrected chi connectivity index (χ3v) is 3.01. The second-order valence-corrected chi connectivity index (χ2v) is 4.21. The van der Waals surface area contributed by atoms with Gasteiger partial charge >= 0.3 is 0 Å². The highest BCUT2D eigenvalue weighted by atomic mass is 35.5. The summed E-state index contributed by atoms with van der Waals surface area (Å²) in [5, 5.41) is 1.45. The van der Waals surface area contributed by atoms with Gasteiger partial charge in [-0.15, -0.1) is 0 Å². The first-order valence-corrected chi connectivity index (χ1v) is 5.92. The number of pyridine rings is 2. The van der Waals surface area contributed by atoms with Crippen molar-refractivity contribution >= 4 is 28.1 Å². The van der Waals surface area contributed by atoms with Crippen LogP contribution in [0.3, 0.4) is 0 Å². The average Bonchev–Trinajstić information content (AvgIpc) is 2.36. The van der Waals surface area contributed by atoms with E-state index in [4.69, 9.17) is 11.6 Å². The molecule has 90 valence electrons. The SMILES string of the molecule is C=C/C=C(\C=C)c1cc2c(C)nccc2nc1Cl. The number of hydrogen-bond donors (Lipinski definition) is 0. The van der Waals surface area contributed by atoms with Crippen molar-refractivity contribution in [2.24, 2.45) is 0 Å². The van der Waals surface area contributed by atoms with Gasteiger partial charge in [-0.25, -0.2) is 4.98 Å². The molecule has 0 bridgehead atoms. The smallest absolute Gasteiger partial charge is 0.137 e. The maximum atomic E-state index is 6.21. The molecule has 0 saturated heterocycles. The maximum Gasteiger partial charge on any atom is 0.137 e. The number of halogens is 1. The summed E-state index contributed by atoms with van der Waals surface area (Å²) in [6.07, 6.45) is 7.03. The highest BCUT2D eigenvalue weighted by Crippen LogP contribution is 2.28. The van der Waals surface area contributed by atoms with Crippen LogP contribution in [-0.4, -0.2) is 9.97 Å². The van der Waals surface area contributed by atoms with Crippen molar-refractivity contribution in [2.75, 3.05) is 0 Å². The largest absolute Gasteiger partial charge is 0.261 e. The van der Waals surface area contributed by atoms with Gasteiger partial charge in [0.2, 0.25) is 0 Å². The van der Waals surface area contributed by atoms with Gasteiger partial charge < -0.3 is 0 Å². The summed E-state index contributed by atoms with van der Waals surface area (Å²) in [5.74, 6) is 0. The molecule has 2 heterocycles. The van der Waals surface area contributed by atoms with E-state index in [-0.39, 0.29) is 0 Å². The predicted molar refractivity (Wildman–Crippen MR) is 77.7 cm³/mol. The second kappa shape index (κ2) is 5.15. The molecule has 0 saturated carbocycles. The molecule has 0 aliphatic heterocycles. The first-order valence-electron chi connectivity index (χ1n) is 5.54. The fraction of sp³-hybridized carbons (Fsp3) is 0.0667. The van der Waals surface area contributed by atoms with Crippen LogP contribution in [-0.2, 0) is 0 Å². The van der Waals surface area contributed by atoms with E-state index >= 15 is 0 Å². The normalized spacial score (nSPS) is 11.6. The Bertz CT molecular complexity index is 657. The van der Waals surface area contributed by atoms with Crippen molar-refractivity contribution in [3.63, 3.8) is 0 Å². The summed E-state index contributed by atoms with van der Waals surface area (Å²) in [6.45, 7) is 9.42. The molecular weight excluding hydrogens is 244 g/mol. The van der Waals surface area contributed by atoms with Crippen molar-refractivity contribution in [2.45, 2.75) is 6.92 Å². The van der Waals surface area contributed by atoms with E-state index in [0.29, 0.717) is 5.15 Å². The lowest BCUT2D eigenvalue weighted by Gasteiger charge is -2.08. The molecule has 0 aliphatic carbocycles. The van der Waals surface area contributed by atoms with Crippen LogP contribution in [0.4, 0.5) is 0 Å². The highest BCUT2D eigenvalue weighted by molar-refractivity contribution is 6.31. The van der Waals surface area contributed by atoms with Gasteiger partial charge in [0.25, 0.3) is 0 Å². The molecule has 3 heteroatoms. The molecule has 2 aromatic rings. The van der Waals surface area contributed by atoms with Gasteiger partial charge in [0.1, 0.15) is 5.15 Å². The third-order valence-electron chi connectivity index (χ3n) is 2.72. The quantitative estimate of drug-likeness (QED) is 0.603. The van der Waals surface area contributed by atoms with Crippen LogP contribution in [0.15, 0.2) is 49.7 Å². The zero-order chi connectivity index (χ0) is 13.1. The molecule has 18 heavy (non-hydrogen) atoms. The number of aryl methyl sites for hydroxylation is 1. The topological polar surface area (TPSA) is 25.8 Å². The fourth-order valence-electron chi connectivity index (χ4n) is 1.81. The van der Waals surface area contributed by atoms with Crippen LogP contribution in [0.2, 0.25) is 5.15 Å². The van der Waals surface area contributed by atoms with E-state index in [0.717, 1.165) is 27.7 Å². The Labute approximate surface area is 111 Å². The molecular formula is C15H13ClN2. The molecule has 0 aromatic carbocycles. The summed E-state index contributed by atoms with van der Waals surface area (Å²) in [7, 11) is 0. The molecule has 0 aliphatic rings. The molecule has 0 unspecified atom stereocenters. The monoisotopic (exact) mass is 256 g/mol. The van der Waals surface area contributed by atoms with Gasteiger partial charge in [0, 0.05) is 22.8 Å². The average molecular weight is 257 g/mol. The fourth-order valence-corrected chi connectivity index (χ4v) is 2.06. The molecule has 0 atom stereocenters. The second-order valence-electron chi connectivity index (χ2n) is 3.85. The summed E-state index contributed by atoms with van der Waals surface area (Å²) in [6, 6.07) is 3.84. The predicted octanol–water partition coefficient (Wildman–Crippen LogP) is 4.35. The van der Waals surface area contributed by atoms with Crippen molar-refractivity contribution in [1.29, 1.82) is 0 Å².